The molecule has 1 rings (SSSR count). The molecular weight excluding hydrogens is 289 g/mol. The fourth-order valence-electron chi connectivity index (χ4n) is 1.13. The second kappa shape index (κ2) is 5.06. The quantitative estimate of drug-likeness (QED) is 0.615. The van der Waals surface area contributed by atoms with Gasteiger partial charge in [0.2, 0.25) is 0 Å². The fourth-order valence-corrected chi connectivity index (χ4v) is 1.67. The molecule has 0 amide bonds. The molecule has 1 aromatic rings. The summed E-state index contributed by atoms with van der Waals surface area (Å²) in [6.07, 6.45) is 0. The lowest BCUT2D eigenvalue weighted by molar-refractivity contribution is 0.583. The molecule has 0 spiro atoms. The van der Waals surface area contributed by atoms with Gasteiger partial charge in [0.15, 0.2) is 5.96 Å². The van der Waals surface area contributed by atoms with Crippen molar-refractivity contribution in [2.45, 2.75) is 26.3 Å². The number of benzene rings is 1. The minimum absolute atomic E-state index is 0.206. The summed E-state index contributed by atoms with van der Waals surface area (Å²) < 4.78 is 0.781. The SMILES string of the molecule is CC(C)(C)N=C(N)Nc1cccc(Cl)c1Br. The van der Waals surface area contributed by atoms with Crippen LogP contribution in [0.15, 0.2) is 27.7 Å². The highest BCUT2D eigenvalue weighted by molar-refractivity contribution is 9.10. The fraction of sp³-hybridized carbons (Fsp3) is 0.364. The summed E-state index contributed by atoms with van der Waals surface area (Å²) in [6, 6.07) is 5.52. The van der Waals surface area contributed by atoms with E-state index in [9.17, 15) is 0 Å². The van der Waals surface area contributed by atoms with Gasteiger partial charge in [-0.1, -0.05) is 17.7 Å². The first-order chi connectivity index (χ1) is 7.29. The van der Waals surface area contributed by atoms with E-state index in [0.29, 0.717) is 11.0 Å². The van der Waals surface area contributed by atoms with Gasteiger partial charge in [-0.25, -0.2) is 4.99 Å². The number of hydrogen-bond acceptors (Lipinski definition) is 1. The molecule has 0 aliphatic heterocycles. The van der Waals surface area contributed by atoms with E-state index in [-0.39, 0.29) is 5.54 Å². The van der Waals surface area contributed by atoms with Gasteiger partial charge in [-0.05, 0) is 48.8 Å². The maximum atomic E-state index is 5.96. The molecule has 0 fully saturated rings. The molecule has 0 aliphatic rings. The summed E-state index contributed by atoms with van der Waals surface area (Å²) in [6.45, 7) is 5.94. The smallest absolute Gasteiger partial charge is 0.193 e. The third-order valence-electron chi connectivity index (χ3n) is 1.67. The van der Waals surface area contributed by atoms with Crippen molar-refractivity contribution in [2.24, 2.45) is 10.7 Å². The number of aliphatic imine (C=N–C) groups is 1. The summed E-state index contributed by atoms with van der Waals surface area (Å²) in [5.74, 6) is 0.371. The molecule has 0 saturated carbocycles. The third-order valence-corrected chi connectivity index (χ3v) is 3.07. The van der Waals surface area contributed by atoms with Gasteiger partial charge in [0.05, 0.1) is 20.7 Å². The van der Waals surface area contributed by atoms with E-state index in [0.717, 1.165) is 10.2 Å². The summed E-state index contributed by atoms with van der Waals surface area (Å²) in [7, 11) is 0. The average molecular weight is 305 g/mol. The van der Waals surface area contributed by atoms with Crippen LogP contribution in [0.2, 0.25) is 5.02 Å². The van der Waals surface area contributed by atoms with Crippen LogP contribution in [0.4, 0.5) is 5.69 Å². The molecule has 3 nitrogen and oxygen atoms in total. The van der Waals surface area contributed by atoms with E-state index in [4.69, 9.17) is 17.3 Å². The van der Waals surface area contributed by atoms with Crippen LogP contribution < -0.4 is 11.1 Å². The number of nitrogens with one attached hydrogen (secondary N) is 1. The first kappa shape index (κ1) is 13.3. The molecule has 0 atom stereocenters. The molecule has 5 heteroatoms. The zero-order valence-corrected chi connectivity index (χ0v) is 11.9. The Balaban J connectivity index is 2.90. The van der Waals surface area contributed by atoms with Gasteiger partial charge in [-0.2, -0.15) is 0 Å². The Bertz CT molecular complexity index is 410. The zero-order valence-electron chi connectivity index (χ0n) is 9.51. The second-order valence-corrected chi connectivity index (χ2v) is 5.59. The molecule has 0 bridgehead atoms. The second-order valence-electron chi connectivity index (χ2n) is 4.39. The predicted octanol–water partition coefficient (Wildman–Crippen LogP) is 3.63. The molecule has 0 unspecified atom stereocenters. The molecule has 3 N–H and O–H groups in total. The van der Waals surface area contributed by atoms with Gasteiger partial charge in [0, 0.05) is 0 Å². The van der Waals surface area contributed by atoms with E-state index < -0.39 is 0 Å². The van der Waals surface area contributed by atoms with E-state index in [1.165, 1.54) is 0 Å². The minimum atomic E-state index is -0.206. The Morgan fingerprint density at radius 3 is 2.62 bits per heavy atom. The first-order valence-corrected chi connectivity index (χ1v) is 6.03. The van der Waals surface area contributed by atoms with Gasteiger partial charge in [0.25, 0.3) is 0 Å². The number of anilines is 1. The van der Waals surface area contributed by atoms with Crippen LogP contribution in [0.1, 0.15) is 20.8 Å². The van der Waals surface area contributed by atoms with Gasteiger partial charge >= 0.3 is 0 Å². The van der Waals surface area contributed by atoms with Crippen molar-refractivity contribution in [3.8, 4) is 0 Å². The van der Waals surface area contributed by atoms with Crippen molar-refractivity contribution in [3.63, 3.8) is 0 Å². The molecule has 1 aromatic carbocycles. The number of nitrogens with two attached hydrogens (primary N) is 1. The molecule has 0 radical (unpaired) electrons. The number of halogens is 2. The van der Waals surface area contributed by atoms with E-state index in [1.54, 1.807) is 6.07 Å². The topological polar surface area (TPSA) is 50.4 Å². The van der Waals surface area contributed by atoms with Crippen molar-refractivity contribution in [2.75, 3.05) is 5.32 Å². The Hall–Kier alpha value is -0.740. The number of hydrogen-bond donors (Lipinski definition) is 2. The van der Waals surface area contributed by atoms with Crippen molar-refractivity contribution in [3.05, 3.63) is 27.7 Å². The standard InChI is InChI=1S/C11H15BrClN3/c1-11(2,3)16-10(14)15-8-6-4-5-7(13)9(8)12/h4-6H,1-3H3,(H3,14,15,16). The lowest BCUT2D eigenvalue weighted by Gasteiger charge is -2.15. The van der Waals surface area contributed by atoms with Gasteiger partial charge in [-0.15, -0.1) is 0 Å². The highest BCUT2D eigenvalue weighted by atomic mass is 79.9. The van der Waals surface area contributed by atoms with E-state index >= 15 is 0 Å². The Morgan fingerprint density at radius 1 is 1.44 bits per heavy atom. The molecule has 0 aromatic heterocycles. The van der Waals surface area contributed by atoms with Gasteiger partial charge in [-0.3, -0.25) is 0 Å². The third kappa shape index (κ3) is 4.02. The molecule has 88 valence electrons. The van der Waals surface area contributed by atoms with Crippen molar-refractivity contribution < 1.29 is 0 Å². The molecule has 16 heavy (non-hydrogen) atoms. The zero-order chi connectivity index (χ0) is 12.3. The molecule has 0 saturated heterocycles. The minimum Gasteiger partial charge on any atom is -0.370 e. The molecule has 0 aliphatic carbocycles. The first-order valence-electron chi connectivity index (χ1n) is 4.86. The molecular formula is C11H15BrClN3. The lowest BCUT2D eigenvalue weighted by Crippen LogP contribution is -2.27. The number of nitrogens with zero attached hydrogens (tertiary/aromatic N) is 1. The van der Waals surface area contributed by atoms with Crippen LogP contribution in [0.5, 0.6) is 0 Å². The molecule has 0 heterocycles. The summed E-state index contributed by atoms with van der Waals surface area (Å²) in [4.78, 5) is 4.29. The van der Waals surface area contributed by atoms with E-state index in [1.807, 2.05) is 32.9 Å². The number of guanidine groups is 1. The lowest BCUT2D eigenvalue weighted by atomic mass is 10.1. The average Bonchev–Trinajstić information content (AvgIpc) is 2.09. The van der Waals surface area contributed by atoms with Crippen molar-refractivity contribution in [1.82, 2.24) is 0 Å². The van der Waals surface area contributed by atoms with Crippen LogP contribution in [-0.2, 0) is 0 Å². The maximum Gasteiger partial charge on any atom is 0.193 e. The van der Waals surface area contributed by atoms with Crippen molar-refractivity contribution in [1.29, 1.82) is 0 Å². The predicted molar refractivity (Wildman–Crippen MR) is 74.2 cm³/mol. The van der Waals surface area contributed by atoms with Crippen LogP contribution in [-0.4, -0.2) is 11.5 Å². The van der Waals surface area contributed by atoms with Crippen LogP contribution in [0.25, 0.3) is 0 Å². The van der Waals surface area contributed by atoms with Gasteiger partial charge in [0.1, 0.15) is 0 Å². The monoisotopic (exact) mass is 303 g/mol. The Labute approximate surface area is 109 Å². The maximum absolute atomic E-state index is 5.96. The highest BCUT2D eigenvalue weighted by Crippen LogP contribution is 2.29. The summed E-state index contributed by atoms with van der Waals surface area (Å²) in [5, 5.41) is 3.64. The largest absolute Gasteiger partial charge is 0.370 e. The number of rotatable bonds is 1. The Morgan fingerprint density at radius 2 is 2.06 bits per heavy atom. The van der Waals surface area contributed by atoms with E-state index in [2.05, 4.69) is 26.2 Å². The van der Waals surface area contributed by atoms with Gasteiger partial charge < -0.3 is 11.1 Å². The van der Waals surface area contributed by atoms with Crippen molar-refractivity contribution >= 4 is 39.2 Å². The summed E-state index contributed by atoms with van der Waals surface area (Å²) in [5.41, 5.74) is 6.38. The normalized spacial score (nSPS) is 12.7. The van der Waals surface area contributed by atoms with Crippen LogP contribution >= 0.6 is 27.5 Å². The summed E-state index contributed by atoms with van der Waals surface area (Å²) >= 11 is 9.35. The van der Waals surface area contributed by atoms with Crippen LogP contribution in [0.3, 0.4) is 0 Å². The Kier molecular flexibility index (Phi) is 4.21. The van der Waals surface area contributed by atoms with Crippen LogP contribution in [0, 0.1) is 0 Å². The highest BCUT2D eigenvalue weighted by Gasteiger charge is 2.09.